The third-order valence-electron chi connectivity index (χ3n) is 5.32. The van der Waals surface area contributed by atoms with Gasteiger partial charge in [0.2, 0.25) is 0 Å². The molecule has 4 atom stereocenters. The van der Waals surface area contributed by atoms with Crippen LogP contribution in [-0.2, 0) is 0 Å². The Hall–Kier alpha value is -2.32. The van der Waals surface area contributed by atoms with Gasteiger partial charge in [-0.3, -0.25) is 4.79 Å². The van der Waals surface area contributed by atoms with Crippen LogP contribution in [0.2, 0.25) is 0 Å². The normalized spacial score (nSPS) is 28.0. The van der Waals surface area contributed by atoms with Crippen molar-refractivity contribution >= 4 is 17.5 Å². The highest BCUT2D eigenvalue weighted by atomic mass is 16.2. The highest BCUT2D eigenvalue weighted by Gasteiger charge is 2.42. The number of carbonyl (C=O) groups is 2. The quantitative estimate of drug-likeness (QED) is 0.569. The first-order valence-corrected chi connectivity index (χ1v) is 8.53. The van der Waals surface area contributed by atoms with E-state index in [9.17, 15) is 9.59 Å². The molecule has 4 rings (SSSR count). The summed E-state index contributed by atoms with van der Waals surface area (Å²) in [4.78, 5) is 24.8. The van der Waals surface area contributed by atoms with Crippen molar-refractivity contribution in [3.63, 3.8) is 0 Å². The molecule has 0 aromatic heterocycles. The number of piperidine rings is 3. The van der Waals surface area contributed by atoms with Crippen molar-refractivity contribution in [2.45, 2.75) is 25.8 Å². The van der Waals surface area contributed by atoms with Crippen molar-refractivity contribution in [3.8, 4) is 12.3 Å². The number of carbonyl (C=O) groups excluding carboxylic acids is 2. The van der Waals surface area contributed by atoms with E-state index in [0.29, 0.717) is 35.7 Å². The molecule has 3 N–H and O–H groups in total. The fourth-order valence-electron chi connectivity index (χ4n) is 3.91. The van der Waals surface area contributed by atoms with E-state index in [1.807, 2.05) is 0 Å². The maximum absolute atomic E-state index is 12.1. The summed E-state index contributed by atoms with van der Waals surface area (Å²) in [6.07, 6.45) is 7.91. The van der Waals surface area contributed by atoms with Gasteiger partial charge in [0.15, 0.2) is 5.78 Å². The van der Waals surface area contributed by atoms with Crippen LogP contribution >= 0.6 is 0 Å². The summed E-state index contributed by atoms with van der Waals surface area (Å²) in [5.41, 5.74) is 1.32. The summed E-state index contributed by atoms with van der Waals surface area (Å²) in [6.45, 7) is 4.38. The molecule has 5 heteroatoms. The molecule has 126 valence electrons. The Kier molecular flexibility index (Phi) is 4.86. The molecule has 2 bridgehead atoms. The first kappa shape index (κ1) is 16.5. The number of urea groups is 1. The van der Waals surface area contributed by atoms with Crippen LogP contribution in [0.1, 0.15) is 30.1 Å². The van der Waals surface area contributed by atoms with E-state index in [0.717, 1.165) is 19.5 Å². The summed E-state index contributed by atoms with van der Waals surface area (Å²) in [5.74, 6) is 3.95. The number of terminal acetylenes is 1. The number of ketones is 1. The Labute approximate surface area is 142 Å². The number of fused-ring (bicyclic) bond motifs is 3. The number of Topliss-reactive ketones (excluding diaryl/α,β-unsaturated/α-hetero) is 1. The summed E-state index contributed by atoms with van der Waals surface area (Å²) < 4.78 is 0. The van der Waals surface area contributed by atoms with Gasteiger partial charge in [-0.25, -0.2) is 4.79 Å². The van der Waals surface area contributed by atoms with Gasteiger partial charge in [0.25, 0.3) is 0 Å². The molecule has 3 aliphatic heterocycles. The number of rotatable bonds is 4. The monoisotopic (exact) mass is 326 g/mol. The Balaban J connectivity index is 1.48. The number of quaternary nitrogens is 1. The van der Waals surface area contributed by atoms with E-state index < -0.39 is 0 Å². The molecule has 3 fully saturated rings. The minimum atomic E-state index is -0.207. The van der Waals surface area contributed by atoms with Crippen LogP contribution in [0, 0.1) is 24.2 Å². The van der Waals surface area contributed by atoms with Crippen molar-refractivity contribution in [3.05, 3.63) is 29.8 Å². The van der Waals surface area contributed by atoms with Gasteiger partial charge in [0.05, 0.1) is 25.6 Å². The van der Waals surface area contributed by atoms with Gasteiger partial charge >= 0.3 is 6.03 Å². The number of nitrogens with one attached hydrogen (secondary N) is 3. The number of amides is 2. The standard InChI is InChI=1S/C19H23N3O2/c1-3-14-12-22-9-8-16(14)10-18(22)11-20-19(24)21-17-6-4-15(5-7-17)13(2)23/h1,4-7,14,16,18H,8-12H2,2H3,(H2,20,21,24)/p+1/t14-,16-,18+/m0/s1. The molecule has 0 spiro atoms. The van der Waals surface area contributed by atoms with E-state index in [1.165, 1.54) is 18.2 Å². The van der Waals surface area contributed by atoms with Crippen LogP contribution in [0.3, 0.4) is 0 Å². The highest BCUT2D eigenvalue weighted by molar-refractivity contribution is 5.95. The topological polar surface area (TPSA) is 62.6 Å². The predicted molar refractivity (Wildman–Crippen MR) is 93.0 cm³/mol. The number of hydrogen-bond donors (Lipinski definition) is 3. The predicted octanol–water partition coefficient (Wildman–Crippen LogP) is 0.937. The fourth-order valence-corrected chi connectivity index (χ4v) is 3.91. The molecule has 0 aliphatic carbocycles. The lowest BCUT2D eigenvalue weighted by Gasteiger charge is -2.45. The number of benzene rings is 1. The zero-order valence-corrected chi connectivity index (χ0v) is 14.0. The van der Waals surface area contributed by atoms with Gasteiger partial charge in [0, 0.05) is 24.1 Å². The fraction of sp³-hybridized carbons (Fsp3) is 0.474. The summed E-state index contributed by atoms with van der Waals surface area (Å²) in [5, 5.41) is 5.78. The first-order chi connectivity index (χ1) is 11.6. The largest absolute Gasteiger partial charge is 0.332 e. The Morgan fingerprint density at radius 2 is 2.08 bits per heavy atom. The second-order valence-corrected chi connectivity index (χ2v) is 6.84. The van der Waals surface area contributed by atoms with Gasteiger partial charge < -0.3 is 15.5 Å². The minimum absolute atomic E-state index is 0.0145. The average molecular weight is 326 g/mol. The van der Waals surface area contributed by atoms with Crippen LogP contribution < -0.4 is 15.5 Å². The Morgan fingerprint density at radius 3 is 2.67 bits per heavy atom. The second-order valence-electron chi connectivity index (χ2n) is 6.84. The number of hydrogen-bond acceptors (Lipinski definition) is 2. The molecular formula is C19H24N3O2+. The van der Waals surface area contributed by atoms with Crippen LogP contribution in [0.25, 0.3) is 0 Å². The molecule has 1 unspecified atom stereocenters. The molecule has 5 nitrogen and oxygen atoms in total. The molecule has 1 aromatic carbocycles. The minimum Gasteiger partial charge on any atom is -0.332 e. The second kappa shape index (κ2) is 7.06. The van der Waals surface area contributed by atoms with Crippen LogP contribution in [0.5, 0.6) is 0 Å². The zero-order valence-electron chi connectivity index (χ0n) is 14.0. The van der Waals surface area contributed by atoms with E-state index in [-0.39, 0.29) is 11.8 Å². The smallest absolute Gasteiger partial charge is 0.319 e. The van der Waals surface area contributed by atoms with Gasteiger partial charge in [-0.15, -0.1) is 6.42 Å². The molecule has 0 radical (unpaired) electrons. The average Bonchev–Trinajstić information content (AvgIpc) is 2.60. The Morgan fingerprint density at radius 1 is 1.33 bits per heavy atom. The summed E-state index contributed by atoms with van der Waals surface area (Å²) in [6, 6.07) is 7.16. The third-order valence-corrected chi connectivity index (χ3v) is 5.32. The summed E-state index contributed by atoms with van der Waals surface area (Å²) >= 11 is 0. The van der Waals surface area contributed by atoms with Crippen molar-refractivity contribution in [2.24, 2.45) is 11.8 Å². The van der Waals surface area contributed by atoms with Gasteiger partial charge in [-0.1, -0.05) is 5.92 Å². The third kappa shape index (κ3) is 3.60. The molecule has 24 heavy (non-hydrogen) atoms. The van der Waals surface area contributed by atoms with Crippen molar-refractivity contribution in [1.82, 2.24) is 5.32 Å². The van der Waals surface area contributed by atoms with E-state index in [4.69, 9.17) is 6.42 Å². The first-order valence-electron chi connectivity index (χ1n) is 8.53. The van der Waals surface area contributed by atoms with E-state index in [2.05, 4.69) is 16.6 Å². The maximum atomic E-state index is 12.1. The van der Waals surface area contributed by atoms with Crippen molar-refractivity contribution in [1.29, 1.82) is 0 Å². The lowest BCUT2D eigenvalue weighted by atomic mass is 9.76. The molecule has 3 saturated heterocycles. The molecule has 0 saturated carbocycles. The Bertz CT molecular complexity index is 662. The van der Waals surface area contributed by atoms with Gasteiger partial charge in [0.1, 0.15) is 6.04 Å². The SMILES string of the molecule is C#C[C@H]1C[NH+]2CC[C@H]1C[C@@H]2CNC(=O)Nc1ccc(C(C)=O)cc1. The van der Waals surface area contributed by atoms with E-state index >= 15 is 0 Å². The lowest BCUT2D eigenvalue weighted by Crippen LogP contribution is -3.20. The van der Waals surface area contributed by atoms with Gasteiger partial charge in [-0.2, -0.15) is 0 Å². The number of anilines is 1. The van der Waals surface area contributed by atoms with Crippen molar-refractivity contribution in [2.75, 3.05) is 25.0 Å². The highest BCUT2D eigenvalue weighted by Crippen LogP contribution is 2.26. The molecule has 3 heterocycles. The van der Waals surface area contributed by atoms with E-state index in [1.54, 1.807) is 24.3 Å². The maximum Gasteiger partial charge on any atom is 0.319 e. The van der Waals surface area contributed by atoms with Crippen molar-refractivity contribution < 1.29 is 14.5 Å². The molecule has 2 amide bonds. The zero-order chi connectivity index (χ0) is 17.1. The van der Waals surface area contributed by atoms with Crippen LogP contribution in [0.15, 0.2) is 24.3 Å². The lowest BCUT2D eigenvalue weighted by molar-refractivity contribution is -0.943. The van der Waals surface area contributed by atoms with Crippen LogP contribution in [0.4, 0.5) is 10.5 Å². The molecule has 3 aliphatic rings. The summed E-state index contributed by atoms with van der Waals surface area (Å²) in [7, 11) is 0. The van der Waals surface area contributed by atoms with Gasteiger partial charge in [-0.05, 0) is 37.1 Å². The molecule has 1 aromatic rings. The molecular weight excluding hydrogens is 302 g/mol. The van der Waals surface area contributed by atoms with Crippen LogP contribution in [-0.4, -0.2) is 37.5 Å².